The fourth-order valence-corrected chi connectivity index (χ4v) is 12.0. The Kier molecular flexibility index (Phi) is 10.6. The Morgan fingerprint density at radius 1 is 1.08 bits per heavy atom. The predicted octanol–water partition coefficient (Wildman–Crippen LogP) is 4.16. The number of hydrogen-bond donors (Lipinski definition) is 5. The first-order valence-electron chi connectivity index (χ1n) is 19.9. The molecule has 1 aromatic carbocycles. The number of carbonyl (C=O) groups excluding carboxylic acids is 1. The molecule has 5 N–H and O–H groups in total. The molecule has 1 saturated heterocycles. The lowest BCUT2D eigenvalue weighted by Gasteiger charge is -2.61. The standard InChI is InChI=1S/C43H61NO8/c1-26(46)22-44-23-31-27(2)36(24-45)52-38(31)39(48)42(5,49)37-15-18-43-33-21-35(47)34-20-30(13-16-40(34,3)32(33)14-17-41(37,43)4)50-25-29(12-9-19-51-43)28-10-7-6-8-11-28/h6-8,10-11,21,26-27,29-32,34,36-39,44-46,48-49H,13-20,22-25H2,1-5H3/t26-,27+,29+,30-,31+,32-,34-,36-,37-,38-,39+,40+,41+,42-,43+/m0/s1. The van der Waals surface area contributed by atoms with Gasteiger partial charge in [0.1, 0.15) is 12.7 Å². The highest BCUT2D eigenvalue weighted by atomic mass is 16.5. The van der Waals surface area contributed by atoms with Gasteiger partial charge in [-0.15, -0.1) is 0 Å². The molecule has 4 aliphatic carbocycles. The Labute approximate surface area is 309 Å². The van der Waals surface area contributed by atoms with Gasteiger partial charge in [-0.05, 0) is 99.2 Å². The van der Waals surface area contributed by atoms with Crippen molar-refractivity contribution in [3.8, 4) is 11.8 Å². The van der Waals surface area contributed by atoms with E-state index in [9.17, 15) is 25.2 Å². The number of fused-ring (bicyclic) bond motifs is 2. The van der Waals surface area contributed by atoms with Gasteiger partial charge in [-0.25, -0.2) is 0 Å². The third-order valence-corrected chi connectivity index (χ3v) is 15.0. The maximum Gasteiger partial charge on any atom is 0.159 e. The molecule has 4 fully saturated rings. The van der Waals surface area contributed by atoms with Gasteiger partial charge < -0.3 is 40.0 Å². The number of allylic oxidation sites excluding steroid dienone is 1. The smallest absolute Gasteiger partial charge is 0.159 e. The average molecular weight is 720 g/mol. The summed E-state index contributed by atoms with van der Waals surface area (Å²) in [6.45, 7) is 11.3. The van der Waals surface area contributed by atoms with Crippen molar-refractivity contribution in [2.75, 3.05) is 32.9 Å². The Bertz CT molecular complexity index is 1550. The molecule has 8 aliphatic rings. The van der Waals surface area contributed by atoms with Gasteiger partial charge in [0.05, 0.1) is 54.7 Å². The number of hydrogen-bond acceptors (Lipinski definition) is 9. The Morgan fingerprint density at radius 2 is 1.85 bits per heavy atom. The Morgan fingerprint density at radius 3 is 2.58 bits per heavy atom. The lowest BCUT2D eigenvalue weighted by atomic mass is 9.45. The number of aliphatic hydroxyl groups is 4. The number of rotatable bonds is 9. The van der Waals surface area contributed by atoms with E-state index in [4.69, 9.17) is 14.2 Å². The second-order valence-electron chi connectivity index (χ2n) is 17.8. The number of ether oxygens (including phenoxy) is 3. The molecule has 286 valence electrons. The maximum absolute atomic E-state index is 14.3. The lowest BCUT2D eigenvalue weighted by Crippen LogP contribution is -2.64. The fraction of sp³-hybridized carbons (Fsp3) is 0.744. The van der Waals surface area contributed by atoms with Crippen LogP contribution in [0.2, 0.25) is 0 Å². The average Bonchev–Trinajstić information content (AvgIpc) is 3.61. The van der Waals surface area contributed by atoms with Crippen LogP contribution in [0.3, 0.4) is 0 Å². The number of carbonyl (C=O) groups is 1. The minimum Gasteiger partial charge on any atom is -0.394 e. The van der Waals surface area contributed by atoms with Crippen LogP contribution in [-0.2, 0) is 19.0 Å². The van der Waals surface area contributed by atoms with E-state index in [0.717, 1.165) is 36.8 Å². The Balaban J connectivity index is 1.25. The normalized spacial score (nSPS) is 43.8. The van der Waals surface area contributed by atoms with E-state index in [1.807, 2.05) is 31.2 Å². The monoisotopic (exact) mass is 719 g/mol. The number of ketones is 1. The van der Waals surface area contributed by atoms with Crippen LogP contribution in [0.25, 0.3) is 0 Å². The topological polar surface area (TPSA) is 138 Å². The molecule has 0 radical (unpaired) electrons. The Hall–Kier alpha value is -2.13. The minimum atomic E-state index is -1.57. The molecule has 1 spiro atoms. The molecule has 6 bridgehead atoms. The fourth-order valence-electron chi connectivity index (χ4n) is 12.0. The second-order valence-corrected chi connectivity index (χ2v) is 17.8. The van der Waals surface area contributed by atoms with Crippen LogP contribution < -0.4 is 5.32 Å². The van der Waals surface area contributed by atoms with Crippen LogP contribution in [0, 0.1) is 52.3 Å². The molecule has 4 heterocycles. The van der Waals surface area contributed by atoms with Crippen LogP contribution in [-0.4, -0.2) is 101 Å². The van der Waals surface area contributed by atoms with Crippen LogP contribution in [0.1, 0.15) is 91.0 Å². The van der Waals surface area contributed by atoms with Crippen molar-refractivity contribution >= 4 is 5.78 Å². The van der Waals surface area contributed by atoms with Crippen molar-refractivity contribution in [1.29, 1.82) is 0 Å². The highest BCUT2D eigenvalue weighted by molar-refractivity contribution is 5.95. The highest BCUT2D eigenvalue weighted by Gasteiger charge is 2.70. The zero-order valence-electron chi connectivity index (χ0n) is 31.7. The molecular weight excluding hydrogens is 658 g/mol. The van der Waals surface area contributed by atoms with Crippen molar-refractivity contribution in [3.05, 3.63) is 47.5 Å². The molecule has 9 rings (SSSR count). The van der Waals surface area contributed by atoms with E-state index >= 15 is 0 Å². The number of aliphatic hydroxyl groups excluding tert-OH is 3. The summed E-state index contributed by atoms with van der Waals surface area (Å²) >= 11 is 0. The summed E-state index contributed by atoms with van der Waals surface area (Å²) in [5.41, 5.74) is -1.08. The third-order valence-electron chi connectivity index (χ3n) is 15.0. The summed E-state index contributed by atoms with van der Waals surface area (Å²) in [5.74, 6) is 6.29. The summed E-state index contributed by atoms with van der Waals surface area (Å²) in [6, 6.07) is 10.2. The van der Waals surface area contributed by atoms with Crippen molar-refractivity contribution in [3.63, 3.8) is 0 Å². The first-order valence-corrected chi connectivity index (χ1v) is 19.9. The summed E-state index contributed by atoms with van der Waals surface area (Å²) in [7, 11) is 0. The predicted molar refractivity (Wildman–Crippen MR) is 197 cm³/mol. The van der Waals surface area contributed by atoms with Gasteiger partial charge in [0.25, 0.3) is 0 Å². The number of benzene rings is 1. The van der Waals surface area contributed by atoms with Gasteiger partial charge >= 0.3 is 0 Å². The summed E-state index contributed by atoms with van der Waals surface area (Å²) in [6.07, 6.45) is 4.33. The van der Waals surface area contributed by atoms with Gasteiger partial charge in [0, 0.05) is 30.3 Å². The highest BCUT2D eigenvalue weighted by Crippen LogP contribution is 2.70. The van der Waals surface area contributed by atoms with Gasteiger partial charge in [-0.3, -0.25) is 4.79 Å². The van der Waals surface area contributed by atoms with Gasteiger partial charge in [0.15, 0.2) is 5.78 Å². The SMILES string of the molecule is C[C@@H]1[C@@H](CNC[C@H](C)O)[C@@H]([C@@H](O)[C@@](C)(O)[C@H]2CC[C@@]34OCC#C[C@@H](c5ccccc5)CO[C@H]5CC[C@@]6(C)[C@@H](C5)C(=O)C=C3[C@@H]6CC[C@]24C)O[C@H]1CO. The number of nitrogens with one attached hydrogen (secondary N) is 1. The molecule has 0 amide bonds. The molecule has 15 atom stereocenters. The van der Waals surface area contributed by atoms with Crippen LogP contribution >= 0.6 is 0 Å². The van der Waals surface area contributed by atoms with Crippen LogP contribution in [0.15, 0.2) is 42.0 Å². The van der Waals surface area contributed by atoms with Crippen molar-refractivity contribution in [1.82, 2.24) is 5.32 Å². The largest absolute Gasteiger partial charge is 0.394 e. The molecule has 0 aromatic heterocycles. The zero-order chi connectivity index (χ0) is 37.1. The van der Waals surface area contributed by atoms with Gasteiger partial charge in [-0.2, -0.15) is 0 Å². The van der Waals surface area contributed by atoms with E-state index < -0.39 is 41.0 Å². The molecule has 0 unspecified atom stereocenters. The first kappa shape index (κ1) is 38.2. The third kappa shape index (κ3) is 6.23. The van der Waals surface area contributed by atoms with Crippen molar-refractivity contribution in [2.24, 2.45) is 40.4 Å². The first-order chi connectivity index (χ1) is 24.8. The quantitative estimate of drug-likeness (QED) is 0.238. The maximum atomic E-state index is 14.3. The van der Waals surface area contributed by atoms with Crippen molar-refractivity contribution in [2.45, 2.75) is 127 Å². The van der Waals surface area contributed by atoms with E-state index in [1.165, 1.54) is 0 Å². The second kappa shape index (κ2) is 14.5. The van der Waals surface area contributed by atoms with E-state index in [1.54, 1.807) is 13.8 Å². The summed E-state index contributed by atoms with van der Waals surface area (Å²) < 4.78 is 20.0. The molecule has 9 nitrogen and oxygen atoms in total. The van der Waals surface area contributed by atoms with E-state index in [2.05, 4.69) is 43.1 Å². The van der Waals surface area contributed by atoms with Crippen LogP contribution in [0.5, 0.6) is 0 Å². The van der Waals surface area contributed by atoms with Gasteiger partial charge in [0.2, 0.25) is 0 Å². The molecule has 52 heavy (non-hydrogen) atoms. The molecule has 3 saturated carbocycles. The molecular formula is C43H61NO8. The van der Waals surface area contributed by atoms with E-state index in [-0.39, 0.29) is 66.0 Å². The summed E-state index contributed by atoms with van der Waals surface area (Å²) in [5, 5.41) is 48.3. The summed E-state index contributed by atoms with van der Waals surface area (Å²) in [4.78, 5) is 14.3. The van der Waals surface area contributed by atoms with Gasteiger partial charge in [-0.1, -0.05) is 62.9 Å². The molecule has 4 aliphatic heterocycles. The van der Waals surface area contributed by atoms with Crippen molar-refractivity contribution < 1.29 is 39.4 Å². The molecule has 1 aromatic rings. The lowest BCUT2D eigenvalue weighted by molar-refractivity contribution is -0.204. The van der Waals surface area contributed by atoms with Crippen LogP contribution in [0.4, 0.5) is 0 Å². The minimum absolute atomic E-state index is 0.0106. The molecule has 9 heteroatoms. The zero-order valence-corrected chi connectivity index (χ0v) is 31.7. The van der Waals surface area contributed by atoms with E-state index in [0.29, 0.717) is 39.0 Å².